The zero-order valence-electron chi connectivity index (χ0n) is 15.4. The molecule has 0 atom stereocenters. The Morgan fingerprint density at radius 3 is 2.85 bits per heavy atom. The van der Waals surface area contributed by atoms with E-state index in [4.69, 9.17) is 9.47 Å². The molecule has 1 amide bonds. The molecule has 140 valence electrons. The quantitative estimate of drug-likeness (QED) is 0.568. The second kappa shape index (κ2) is 9.12. The van der Waals surface area contributed by atoms with Crippen LogP contribution in [0.25, 0.3) is 6.08 Å². The molecule has 1 aliphatic carbocycles. The molecule has 2 fully saturated rings. The van der Waals surface area contributed by atoms with Crippen molar-refractivity contribution in [3.8, 4) is 11.5 Å². The third-order valence-electron chi connectivity index (χ3n) is 4.52. The number of aliphatic imine (C=N–C) groups is 1. The van der Waals surface area contributed by atoms with Crippen LogP contribution in [0.1, 0.15) is 51.0 Å². The third kappa shape index (κ3) is 4.81. The van der Waals surface area contributed by atoms with Crippen LogP contribution in [0.3, 0.4) is 0 Å². The first-order valence-corrected chi connectivity index (χ1v) is 10.1. The molecule has 0 aromatic heterocycles. The minimum Gasteiger partial charge on any atom is -0.493 e. The molecule has 1 heterocycles. The number of nitrogens with one attached hydrogen (secondary N) is 1. The van der Waals surface area contributed by atoms with Gasteiger partial charge in [0.2, 0.25) is 0 Å². The monoisotopic (exact) mass is 374 g/mol. The van der Waals surface area contributed by atoms with Gasteiger partial charge < -0.3 is 14.8 Å². The van der Waals surface area contributed by atoms with Gasteiger partial charge >= 0.3 is 0 Å². The summed E-state index contributed by atoms with van der Waals surface area (Å²) in [7, 11) is 1.63. The van der Waals surface area contributed by atoms with Crippen molar-refractivity contribution < 1.29 is 14.3 Å². The topological polar surface area (TPSA) is 59.9 Å². The van der Waals surface area contributed by atoms with Gasteiger partial charge in [0, 0.05) is 0 Å². The number of carbonyl (C=O) groups is 1. The highest BCUT2D eigenvalue weighted by Gasteiger charge is 2.25. The highest BCUT2D eigenvalue weighted by Crippen LogP contribution is 2.32. The Bertz CT molecular complexity index is 709. The smallest absolute Gasteiger partial charge is 0.264 e. The number of hydrogen-bond donors (Lipinski definition) is 1. The van der Waals surface area contributed by atoms with E-state index in [0.29, 0.717) is 23.3 Å². The number of unbranched alkanes of at least 4 members (excludes halogenated alkanes) is 1. The molecule has 1 aliphatic heterocycles. The average Bonchev–Trinajstić information content (AvgIpc) is 3.26. The first kappa shape index (κ1) is 18.8. The maximum Gasteiger partial charge on any atom is 0.264 e. The summed E-state index contributed by atoms with van der Waals surface area (Å²) in [5.41, 5.74) is 0.907. The van der Waals surface area contributed by atoms with Gasteiger partial charge in [0.1, 0.15) is 0 Å². The maximum absolute atomic E-state index is 12.2. The summed E-state index contributed by atoms with van der Waals surface area (Å²) in [4.78, 5) is 17.5. The molecule has 6 heteroatoms. The highest BCUT2D eigenvalue weighted by atomic mass is 32.2. The average molecular weight is 375 g/mol. The van der Waals surface area contributed by atoms with Crippen LogP contribution >= 0.6 is 11.8 Å². The SMILES string of the molecule is CCCCOc1ccc(/C=C2\SC(=NC3CCCC3)NC2=O)cc1OC. The lowest BCUT2D eigenvalue weighted by atomic mass is 10.2. The summed E-state index contributed by atoms with van der Waals surface area (Å²) < 4.78 is 11.2. The molecule has 0 spiro atoms. The summed E-state index contributed by atoms with van der Waals surface area (Å²) in [6.07, 6.45) is 8.67. The molecule has 1 saturated heterocycles. The van der Waals surface area contributed by atoms with Gasteiger partial charge in [-0.2, -0.15) is 0 Å². The molecule has 3 rings (SSSR count). The van der Waals surface area contributed by atoms with Crippen LogP contribution in [0, 0.1) is 0 Å². The molecular weight excluding hydrogens is 348 g/mol. The number of ether oxygens (including phenoxy) is 2. The molecule has 5 nitrogen and oxygen atoms in total. The van der Waals surface area contributed by atoms with E-state index in [1.165, 1.54) is 24.6 Å². The lowest BCUT2D eigenvalue weighted by molar-refractivity contribution is -0.115. The van der Waals surface area contributed by atoms with Crippen molar-refractivity contribution in [2.45, 2.75) is 51.5 Å². The molecule has 0 radical (unpaired) electrons. The van der Waals surface area contributed by atoms with Crippen molar-refractivity contribution >= 4 is 28.9 Å². The minimum atomic E-state index is -0.0889. The molecule has 0 unspecified atom stereocenters. The number of hydrogen-bond acceptors (Lipinski definition) is 5. The summed E-state index contributed by atoms with van der Waals surface area (Å²) in [6.45, 7) is 2.80. The van der Waals surface area contributed by atoms with Gasteiger partial charge in [0.05, 0.1) is 24.7 Å². The fraction of sp³-hybridized carbons (Fsp3) is 0.500. The van der Waals surface area contributed by atoms with Gasteiger partial charge in [-0.15, -0.1) is 0 Å². The van der Waals surface area contributed by atoms with Gasteiger partial charge in [-0.25, -0.2) is 0 Å². The van der Waals surface area contributed by atoms with Crippen LogP contribution in [-0.4, -0.2) is 30.8 Å². The first-order chi connectivity index (χ1) is 12.7. The maximum atomic E-state index is 12.2. The molecular formula is C20H26N2O3S. The van der Waals surface area contributed by atoms with Crippen molar-refractivity contribution in [2.75, 3.05) is 13.7 Å². The fourth-order valence-electron chi connectivity index (χ4n) is 3.06. The van der Waals surface area contributed by atoms with Gasteiger partial charge in [0.15, 0.2) is 16.7 Å². The van der Waals surface area contributed by atoms with Gasteiger partial charge in [0.25, 0.3) is 5.91 Å². The molecule has 0 bridgehead atoms. The van der Waals surface area contributed by atoms with Crippen LogP contribution < -0.4 is 14.8 Å². The summed E-state index contributed by atoms with van der Waals surface area (Å²) in [6, 6.07) is 6.09. The van der Waals surface area contributed by atoms with Crippen molar-refractivity contribution in [1.29, 1.82) is 0 Å². The van der Waals surface area contributed by atoms with Crippen LogP contribution in [0.4, 0.5) is 0 Å². The van der Waals surface area contributed by atoms with Crippen molar-refractivity contribution in [1.82, 2.24) is 5.32 Å². The number of carbonyl (C=O) groups excluding carboxylic acids is 1. The van der Waals surface area contributed by atoms with E-state index in [9.17, 15) is 4.79 Å². The molecule has 1 aromatic rings. The number of rotatable bonds is 7. The summed E-state index contributed by atoms with van der Waals surface area (Å²) >= 11 is 1.41. The largest absolute Gasteiger partial charge is 0.493 e. The Kier molecular flexibility index (Phi) is 6.61. The lowest BCUT2D eigenvalue weighted by Gasteiger charge is -2.11. The Morgan fingerprint density at radius 1 is 1.31 bits per heavy atom. The summed E-state index contributed by atoms with van der Waals surface area (Å²) in [5, 5.41) is 3.60. The molecule has 1 saturated carbocycles. The first-order valence-electron chi connectivity index (χ1n) is 9.29. The second-order valence-electron chi connectivity index (χ2n) is 6.55. The highest BCUT2D eigenvalue weighted by molar-refractivity contribution is 8.18. The van der Waals surface area contributed by atoms with Crippen molar-refractivity contribution in [3.05, 3.63) is 28.7 Å². The second-order valence-corrected chi connectivity index (χ2v) is 7.58. The van der Waals surface area contributed by atoms with E-state index in [1.54, 1.807) is 7.11 Å². The number of nitrogens with zero attached hydrogens (tertiary/aromatic N) is 1. The Balaban J connectivity index is 1.71. The Morgan fingerprint density at radius 2 is 2.12 bits per heavy atom. The lowest BCUT2D eigenvalue weighted by Crippen LogP contribution is -2.21. The number of amidine groups is 1. The number of benzene rings is 1. The van der Waals surface area contributed by atoms with E-state index in [-0.39, 0.29) is 5.91 Å². The zero-order chi connectivity index (χ0) is 18.4. The van der Waals surface area contributed by atoms with E-state index < -0.39 is 0 Å². The van der Waals surface area contributed by atoms with Crippen LogP contribution in [0.5, 0.6) is 11.5 Å². The number of methoxy groups -OCH3 is 1. The van der Waals surface area contributed by atoms with Crippen molar-refractivity contribution in [3.63, 3.8) is 0 Å². The molecule has 26 heavy (non-hydrogen) atoms. The number of thioether (sulfide) groups is 1. The molecule has 2 aliphatic rings. The van der Waals surface area contributed by atoms with Crippen LogP contribution in [0.15, 0.2) is 28.1 Å². The van der Waals surface area contributed by atoms with Crippen molar-refractivity contribution in [2.24, 2.45) is 4.99 Å². The standard InChI is InChI=1S/C20H26N2O3S/c1-3-4-11-25-16-10-9-14(12-17(16)24-2)13-18-19(23)22-20(26-18)21-15-7-5-6-8-15/h9-10,12-13,15H,3-8,11H2,1-2H3,(H,21,22,23)/b18-13-. The predicted molar refractivity (Wildman–Crippen MR) is 107 cm³/mol. The van der Waals surface area contributed by atoms with Crippen LogP contribution in [-0.2, 0) is 4.79 Å². The molecule has 1 aromatic carbocycles. The van der Waals surface area contributed by atoms with Crippen LogP contribution in [0.2, 0.25) is 0 Å². The Hall–Kier alpha value is -1.95. The van der Waals surface area contributed by atoms with Gasteiger partial charge in [-0.05, 0) is 54.8 Å². The predicted octanol–water partition coefficient (Wildman–Crippen LogP) is 4.38. The summed E-state index contributed by atoms with van der Waals surface area (Å²) in [5.74, 6) is 1.32. The van der Waals surface area contributed by atoms with E-state index in [1.807, 2.05) is 24.3 Å². The van der Waals surface area contributed by atoms with E-state index in [2.05, 4.69) is 17.2 Å². The van der Waals surface area contributed by atoms with E-state index in [0.717, 1.165) is 42.2 Å². The Labute approximate surface area is 159 Å². The zero-order valence-corrected chi connectivity index (χ0v) is 16.2. The molecule has 1 N–H and O–H groups in total. The fourth-order valence-corrected chi connectivity index (χ4v) is 3.95. The number of amides is 1. The minimum absolute atomic E-state index is 0.0889. The van der Waals surface area contributed by atoms with Gasteiger partial charge in [-0.3, -0.25) is 9.79 Å². The normalized spacial score (nSPS) is 20.8. The third-order valence-corrected chi connectivity index (χ3v) is 5.44. The van der Waals surface area contributed by atoms with Gasteiger partial charge in [-0.1, -0.05) is 32.3 Å². The van der Waals surface area contributed by atoms with E-state index >= 15 is 0 Å².